The predicted octanol–water partition coefficient (Wildman–Crippen LogP) is 23.6. The smallest absolute Gasteiger partial charge is 0.136 e. The highest BCUT2D eigenvalue weighted by Gasteiger charge is 2.21. The first kappa shape index (κ1) is 47.7. The van der Waals surface area contributed by atoms with Gasteiger partial charge in [-0.1, -0.05) is 249 Å². The Bertz CT molecular complexity index is 5580. The molecule has 0 saturated heterocycles. The van der Waals surface area contributed by atoms with Gasteiger partial charge in [-0.25, -0.2) is 0 Å². The fourth-order valence-corrected chi connectivity index (χ4v) is 13.7. The maximum Gasteiger partial charge on any atom is 0.136 e. The molecule has 0 amide bonds. The third-order valence-corrected chi connectivity index (χ3v) is 17.5. The third kappa shape index (κ3) is 7.73. The summed E-state index contributed by atoms with van der Waals surface area (Å²) in [5.74, 6) is 0. The van der Waals surface area contributed by atoms with Gasteiger partial charge in [-0.05, 0) is 186 Å². The zero-order valence-corrected chi connectivity index (χ0v) is 45.7. The van der Waals surface area contributed by atoms with E-state index in [2.05, 4.69) is 279 Å². The van der Waals surface area contributed by atoms with Gasteiger partial charge in [0.2, 0.25) is 0 Å². The number of hydrogen-bond acceptors (Lipinski definition) is 2. The highest BCUT2D eigenvalue weighted by Crippen LogP contribution is 2.48. The zero-order chi connectivity index (χ0) is 55.2. The Morgan fingerprint density at radius 3 is 0.893 bits per heavy atom. The van der Waals surface area contributed by atoms with Crippen LogP contribution in [0.15, 0.2) is 312 Å². The maximum atomic E-state index is 6.33. The average molecular weight is 1070 g/mol. The monoisotopic (exact) mass is 1070 g/mol. The van der Waals surface area contributed by atoms with Gasteiger partial charge in [0, 0.05) is 21.5 Å². The molecule has 2 aromatic heterocycles. The van der Waals surface area contributed by atoms with Crippen LogP contribution in [0.1, 0.15) is 0 Å². The van der Waals surface area contributed by atoms with Crippen molar-refractivity contribution in [2.45, 2.75) is 0 Å². The summed E-state index contributed by atoms with van der Waals surface area (Å²) in [6.07, 6.45) is 0. The van der Waals surface area contributed by atoms with Crippen LogP contribution in [-0.2, 0) is 0 Å². The lowest BCUT2D eigenvalue weighted by Crippen LogP contribution is -1.91. The summed E-state index contributed by atoms with van der Waals surface area (Å²) in [7, 11) is 0. The first-order valence-electron chi connectivity index (χ1n) is 28.9. The SMILES string of the molecule is c1ccc2c(-c3ccc4cc(-c5c6ccccc6c(-c6ccc7c(c6)oc6ccccc67)c6ccccc56)ccc4c3)cccc2c1.c1ccc2cc(-c3c4ccccc4c(-c4ccc5c(c4)oc4ccccc45)c4ccccc34)ccc2c1. The topological polar surface area (TPSA) is 26.3 Å². The Hall–Kier alpha value is -11.1. The molecule has 0 spiro atoms. The quantitative estimate of drug-likeness (QED) is 0.161. The number of rotatable bonds is 5. The summed E-state index contributed by atoms with van der Waals surface area (Å²) >= 11 is 0. The molecule has 2 nitrogen and oxygen atoms in total. The van der Waals surface area contributed by atoms with Crippen LogP contribution in [0, 0.1) is 0 Å². The van der Waals surface area contributed by atoms with Crippen molar-refractivity contribution in [2.75, 3.05) is 0 Å². The molecule has 0 bridgehead atoms. The molecule has 84 heavy (non-hydrogen) atoms. The molecule has 0 saturated carbocycles. The lowest BCUT2D eigenvalue weighted by Gasteiger charge is -2.18. The molecular formula is C82H50O2. The molecule has 0 radical (unpaired) electrons. The van der Waals surface area contributed by atoms with Crippen molar-refractivity contribution in [3.05, 3.63) is 303 Å². The van der Waals surface area contributed by atoms with Crippen LogP contribution in [-0.4, -0.2) is 0 Å². The molecule has 0 fully saturated rings. The van der Waals surface area contributed by atoms with E-state index < -0.39 is 0 Å². The second-order valence-corrected chi connectivity index (χ2v) is 22.2. The second kappa shape index (κ2) is 19.3. The van der Waals surface area contributed by atoms with Gasteiger partial charge >= 0.3 is 0 Å². The molecule has 18 rings (SSSR count). The van der Waals surface area contributed by atoms with Crippen LogP contribution >= 0.6 is 0 Å². The van der Waals surface area contributed by atoms with Gasteiger partial charge in [0.05, 0.1) is 0 Å². The van der Waals surface area contributed by atoms with E-state index in [-0.39, 0.29) is 0 Å². The predicted molar refractivity (Wildman–Crippen MR) is 357 cm³/mol. The van der Waals surface area contributed by atoms with Crippen LogP contribution in [0.2, 0.25) is 0 Å². The number of fused-ring (bicyclic) bond motifs is 13. The molecule has 18 aromatic rings. The number of para-hydroxylation sites is 2. The number of hydrogen-bond donors (Lipinski definition) is 0. The fraction of sp³-hybridized carbons (Fsp3) is 0. The molecule has 0 unspecified atom stereocenters. The van der Waals surface area contributed by atoms with Crippen LogP contribution < -0.4 is 0 Å². The number of furan rings is 2. The molecule has 2 heterocycles. The van der Waals surface area contributed by atoms with Gasteiger partial charge in [0.1, 0.15) is 22.3 Å². The van der Waals surface area contributed by atoms with Gasteiger partial charge in [0.25, 0.3) is 0 Å². The lowest BCUT2D eigenvalue weighted by molar-refractivity contribution is 0.668. The Kier molecular flexibility index (Phi) is 11.0. The van der Waals surface area contributed by atoms with Crippen molar-refractivity contribution in [3.63, 3.8) is 0 Å². The fourth-order valence-electron chi connectivity index (χ4n) is 13.7. The normalized spacial score (nSPS) is 11.8. The Morgan fingerprint density at radius 1 is 0.155 bits per heavy atom. The third-order valence-electron chi connectivity index (χ3n) is 17.5. The lowest BCUT2D eigenvalue weighted by atomic mass is 9.85. The Labute approximate surface area is 484 Å². The van der Waals surface area contributed by atoms with Gasteiger partial charge in [-0.3, -0.25) is 0 Å². The van der Waals surface area contributed by atoms with E-state index in [4.69, 9.17) is 8.83 Å². The van der Waals surface area contributed by atoms with Crippen LogP contribution in [0.5, 0.6) is 0 Å². The van der Waals surface area contributed by atoms with E-state index in [9.17, 15) is 0 Å². The Balaban J connectivity index is 0.000000136. The van der Waals surface area contributed by atoms with E-state index >= 15 is 0 Å². The highest BCUT2D eigenvalue weighted by atomic mass is 16.3. The van der Waals surface area contributed by atoms with Crippen molar-refractivity contribution in [2.24, 2.45) is 0 Å². The molecule has 2 heteroatoms. The minimum atomic E-state index is 0.915. The minimum absolute atomic E-state index is 0.915. The van der Waals surface area contributed by atoms with Gasteiger partial charge in [0.15, 0.2) is 0 Å². The van der Waals surface area contributed by atoms with E-state index in [0.717, 1.165) is 49.4 Å². The number of benzene rings is 16. The van der Waals surface area contributed by atoms with Crippen molar-refractivity contribution in [3.8, 4) is 55.6 Å². The van der Waals surface area contributed by atoms with Crippen LogP contribution in [0.3, 0.4) is 0 Å². The van der Waals surface area contributed by atoms with Crippen LogP contribution in [0.25, 0.3) is 175 Å². The molecule has 0 aliphatic rings. The molecular weight excluding hydrogens is 1020 g/mol. The minimum Gasteiger partial charge on any atom is -0.456 e. The van der Waals surface area contributed by atoms with Gasteiger partial charge in [-0.15, -0.1) is 0 Å². The summed E-state index contributed by atoms with van der Waals surface area (Å²) < 4.78 is 12.6. The summed E-state index contributed by atoms with van der Waals surface area (Å²) in [5, 5.41) is 22.1. The Morgan fingerprint density at radius 2 is 0.440 bits per heavy atom. The van der Waals surface area contributed by atoms with E-state index in [1.54, 1.807) is 0 Å². The second-order valence-electron chi connectivity index (χ2n) is 22.2. The van der Waals surface area contributed by atoms with E-state index in [1.807, 2.05) is 24.3 Å². The first-order chi connectivity index (χ1) is 41.6. The standard InChI is InChI=1S/C46H28O.C36H22O/c1-2-12-35-29(10-1)11-9-18-36(35)32-22-20-31-27-33(23-21-30(31)26-32)45-39-14-3-5-16-41(39)46(42-17-6-4-15-40(42)45)34-24-25-38-37-13-7-8-19-43(37)47-44(38)28-34;1-2-10-24-21-25(18-17-23(24)9-1)35-29-12-3-5-14-31(29)36(32-15-6-4-13-30(32)35)26-19-20-28-27-11-7-8-16-33(27)37-34(28)22-26/h1-28H;1-22H. The largest absolute Gasteiger partial charge is 0.456 e. The highest BCUT2D eigenvalue weighted by molar-refractivity contribution is 6.24. The average Bonchev–Trinajstić information content (AvgIpc) is 4.27. The summed E-state index contributed by atoms with van der Waals surface area (Å²) in [6, 6.07) is 110. The molecule has 16 aromatic carbocycles. The van der Waals surface area contributed by atoms with Crippen molar-refractivity contribution in [1.29, 1.82) is 0 Å². The molecule has 390 valence electrons. The van der Waals surface area contributed by atoms with Crippen molar-refractivity contribution in [1.82, 2.24) is 0 Å². The summed E-state index contributed by atoms with van der Waals surface area (Å²) in [6.45, 7) is 0. The van der Waals surface area contributed by atoms with Gasteiger partial charge < -0.3 is 8.83 Å². The maximum absolute atomic E-state index is 6.33. The molecule has 0 aliphatic carbocycles. The summed E-state index contributed by atoms with van der Waals surface area (Å²) in [5.41, 5.74) is 16.0. The molecule has 0 N–H and O–H groups in total. The zero-order valence-electron chi connectivity index (χ0n) is 45.7. The first-order valence-corrected chi connectivity index (χ1v) is 28.9. The van der Waals surface area contributed by atoms with Crippen molar-refractivity contribution < 1.29 is 8.83 Å². The molecule has 0 atom stereocenters. The van der Waals surface area contributed by atoms with E-state index in [1.165, 1.54) is 125 Å². The van der Waals surface area contributed by atoms with Crippen molar-refractivity contribution >= 4 is 119 Å². The van der Waals surface area contributed by atoms with Crippen LogP contribution in [0.4, 0.5) is 0 Å². The van der Waals surface area contributed by atoms with Gasteiger partial charge in [-0.2, -0.15) is 0 Å². The summed E-state index contributed by atoms with van der Waals surface area (Å²) in [4.78, 5) is 0. The van der Waals surface area contributed by atoms with E-state index in [0.29, 0.717) is 0 Å². The molecule has 0 aliphatic heterocycles.